The fourth-order valence-electron chi connectivity index (χ4n) is 4.37. The minimum Gasteiger partial charge on any atom is -0.300 e. The molecule has 2 aliphatic carbocycles. The highest BCUT2D eigenvalue weighted by atomic mass is 16.1. The molecule has 4 rings (SSSR count). The molecule has 1 heteroatoms. The molecule has 2 aliphatic rings. The molecule has 2 atom stereocenters. The second-order valence-corrected chi connectivity index (χ2v) is 7.55. The lowest BCUT2D eigenvalue weighted by molar-refractivity contribution is -0.117. The highest BCUT2D eigenvalue weighted by Crippen LogP contribution is 2.30. The highest BCUT2D eigenvalue weighted by molar-refractivity contribution is 5.78. The van der Waals surface area contributed by atoms with Gasteiger partial charge in [0.15, 0.2) is 0 Å². The van der Waals surface area contributed by atoms with Gasteiger partial charge in [-0.2, -0.15) is 0 Å². The maximum Gasteiger partial charge on any atom is 0.130 e. The number of Topliss-reactive ketones (excluding diaryl/α,β-unsaturated/α-hetero) is 1. The fraction of sp³-hybridized carbons (Fsp3) is 0.348. The Labute approximate surface area is 143 Å². The van der Waals surface area contributed by atoms with Crippen molar-refractivity contribution >= 4 is 17.9 Å². The van der Waals surface area contributed by atoms with Crippen molar-refractivity contribution in [1.29, 1.82) is 0 Å². The lowest BCUT2D eigenvalue weighted by Crippen LogP contribution is -2.24. The van der Waals surface area contributed by atoms with Gasteiger partial charge in [-0.1, -0.05) is 55.0 Å². The van der Waals surface area contributed by atoms with E-state index in [1.165, 1.54) is 44.0 Å². The Morgan fingerprint density at radius 3 is 2.67 bits per heavy atom. The Bertz CT molecular complexity index is 1040. The Balaban J connectivity index is 2.13. The van der Waals surface area contributed by atoms with Crippen molar-refractivity contribution in [1.82, 2.24) is 0 Å². The van der Waals surface area contributed by atoms with E-state index in [9.17, 15) is 4.79 Å². The summed E-state index contributed by atoms with van der Waals surface area (Å²) < 4.78 is 0. The lowest BCUT2D eigenvalue weighted by Gasteiger charge is -2.24. The third kappa shape index (κ3) is 2.53. The zero-order valence-corrected chi connectivity index (χ0v) is 14.7. The molecule has 0 fully saturated rings. The first-order valence-corrected chi connectivity index (χ1v) is 8.99. The molecule has 24 heavy (non-hydrogen) atoms. The first kappa shape index (κ1) is 15.4. The van der Waals surface area contributed by atoms with Gasteiger partial charge in [0.2, 0.25) is 0 Å². The molecular formula is C23H24O. The molecule has 2 unspecified atom stereocenters. The number of benzene rings is 2. The number of carbonyl (C=O) groups is 1. The van der Waals surface area contributed by atoms with Crippen LogP contribution in [0.5, 0.6) is 0 Å². The van der Waals surface area contributed by atoms with Crippen molar-refractivity contribution in [2.45, 2.75) is 46.0 Å². The third-order valence-electron chi connectivity index (χ3n) is 5.46. The van der Waals surface area contributed by atoms with Gasteiger partial charge >= 0.3 is 0 Å². The summed E-state index contributed by atoms with van der Waals surface area (Å²) in [6.45, 7) is 6.13. The first-order chi connectivity index (χ1) is 11.5. The summed E-state index contributed by atoms with van der Waals surface area (Å²) >= 11 is 0. The van der Waals surface area contributed by atoms with E-state index in [2.05, 4.69) is 56.3 Å². The molecule has 0 saturated carbocycles. The molecule has 0 radical (unpaired) electrons. The summed E-state index contributed by atoms with van der Waals surface area (Å²) in [4.78, 5) is 11.9. The number of aryl methyl sites for hydroxylation is 1. The minimum absolute atomic E-state index is 0.212. The van der Waals surface area contributed by atoms with Crippen molar-refractivity contribution in [2.24, 2.45) is 5.92 Å². The Hall–Kier alpha value is -2.15. The fourth-order valence-corrected chi connectivity index (χ4v) is 4.37. The molecule has 0 spiro atoms. The maximum absolute atomic E-state index is 11.9. The standard InChI is InChI=1S/C23H24O/c1-14-5-8-21-17(10-14)6-9-22-20-7-4-15(2)11-18(20)13-19(23(21)22)12-16(3)24/h4,6-7,9-11,13-14,19H,5,8,12H2,1-3H3. The molecule has 0 saturated heterocycles. The Kier molecular flexibility index (Phi) is 3.68. The molecule has 1 nitrogen and oxygen atoms in total. The van der Waals surface area contributed by atoms with E-state index in [0.717, 1.165) is 6.42 Å². The number of carbonyl (C=O) groups excluding carboxylic acids is 1. The molecule has 0 aliphatic heterocycles. The van der Waals surface area contributed by atoms with Crippen LogP contribution in [0.15, 0.2) is 30.3 Å². The molecule has 2 aromatic carbocycles. The van der Waals surface area contributed by atoms with Gasteiger partial charge in [-0.3, -0.25) is 4.79 Å². The maximum atomic E-state index is 11.9. The van der Waals surface area contributed by atoms with Crippen LogP contribution in [0, 0.1) is 23.3 Å². The number of hydrogen-bond acceptors (Lipinski definition) is 1. The number of rotatable bonds is 2. The van der Waals surface area contributed by atoms with Crippen LogP contribution in [0.3, 0.4) is 0 Å². The summed E-state index contributed by atoms with van der Waals surface area (Å²) in [5.41, 5.74) is 4.15. The van der Waals surface area contributed by atoms with E-state index in [-0.39, 0.29) is 11.7 Å². The predicted octanol–water partition coefficient (Wildman–Crippen LogP) is 3.50. The number of fused-ring (bicyclic) bond motifs is 4. The van der Waals surface area contributed by atoms with E-state index in [0.29, 0.717) is 12.3 Å². The van der Waals surface area contributed by atoms with Crippen LogP contribution >= 0.6 is 0 Å². The van der Waals surface area contributed by atoms with Crippen LogP contribution in [0.25, 0.3) is 12.2 Å². The van der Waals surface area contributed by atoms with Gasteiger partial charge in [-0.05, 0) is 64.6 Å². The van der Waals surface area contributed by atoms with Gasteiger partial charge in [0, 0.05) is 12.3 Å². The summed E-state index contributed by atoms with van der Waals surface area (Å²) in [6, 6.07) is 11.2. The highest BCUT2D eigenvalue weighted by Gasteiger charge is 2.22. The van der Waals surface area contributed by atoms with E-state index in [4.69, 9.17) is 0 Å². The van der Waals surface area contributed by atoms with E-state index in [1.807, 2.05) is 0 Å². The Morgan fingerprint density at radius 2 is 1.88 bits per heavy atom. The molecular weight excluding hydrogens is 292 g/mol. The van der Waals surface area contributed by atoms with Crippen molar-refractivity contribution < 1.29 is 4.79 Å². The predicted molar refractivity (Wildman–Crippen MR) is 99.0 cm³/mol. The van der Waals surface area contributed by atoms with E-state index >= 15 is 0 Å². The van der Waals surface area contributed by atoms with Crippen LogP contribution in [0.1, 0.15) is 49.3 Å². The molecule has 2 aromatic rings. The minimum atomic E-state index is 0.212. The van der Waals surface area contributed by atoms with Crippen molar-refractivity contribution in [3.8, 4) is 0 Å². The summed E-state index contributed by atoms with van der Waals surface area (Å²) in [6.07, 6.45) is 7.65. The van der Waals surface area contributed by atoms with Crippen LogP contribution in [-0.2, 0) is 11.2 Å². The van der Waals surface area contributed by atoms with Crippen molar-refractivity contribution in [3.05, 3.63) is 67.9 Å². The van der Waals surface area contributed by atoms with Gasteiger partial charge < -0.3 is 0 Å². The molecule has 0 N–H and O–H groups in total. The lowest BCUT2D eigenvalue weighted by atomic mass is 9.79. The summed E-state index contributed by atoms with van der Waals surface area (Å²) in [7, 11) is 0. The average Bonchev–Trinajstić information content (AvgIpc) is 2.53. The van der Waals surface area contributed by atoms with E-state index in [1.54, 1.807) is 6.92 Å². The number of hydrogen-bond donors (Lipinski definition) is 0. The van der Waals surface area contributed by atoms with Gasteiger partial charge in [-0.25, -0.2) is 0 Å². The molecule has 0 heterocycles. The van der Waals surface area contributed by atoms with Gasteiger partial charge in [0.25, 0.3) is 0 Å². The van der Waals surface area contributed by atoms with Gasteiger partial charge in [0.1, 0.15) is 5.78 Å². The topological polar surface area (TPSA) is 17.1 Å². The zero-order chi connectivity index (χ0) is 16.8. The average molecular weight is 316 g/mol. The van der Waals surface area contributed by atoms with Crippen LogP contribution in [0.2, 0.25) is 0 Å². The summed E-state index contributed by atoms with van der Waals surface area (Å²) in [5.74, 6) is 1.12. The monoisotopic (exact) mass is 316 g/mol. The summed E-state index contributed by atoms with van der Waals surface area (Å²) in [5, 5.41) is 5.31. The molecule has 0 bridgehead atoms. The van der Waals surface area contributed by atoms with Crippen LogP contribution in [-0.4, -0.2) is 5.78 Å². The first-order valence-electron chi connectivity index (χ1n) is 8.99. The second-order valence-electron chi connectivity index (χ2n) is 7.55. The largest absolute Gasteiger partial charge is 0.300 e. The van der Waals surface area contributed by atoms with Crippen molar-refractivity contribution in [3.63, 3.8) is 0 Å². The SMILES string of the molecule is CC(=O)CC1C=c2cc(C)ccc2=c2ccc3c(c21)CCC(C)C=3. The third-order valence-corrected chi connectivity index (χ3v) is 5.46. The van der Waals surface area contributed by atoms with Gasteiger partial charge in [0.05, 0.1) is 0 Å². The van der Waals surface area contributed by atoms with Crippen molar-refractivity contribution in [2.75, 3.05) is 0 Å². The van der Waals surface area contributed by atoms with Crippen LogP contribution < -0.4 is 10.4 Å². The normalized spacial score (nSPS) is 21.0. The smallest absolute Gasteiger partial charge is 0.130 e. The Morgan fingerprint density at radius 1 is 1.08 bits per heavy atom. The van der Waals surface area contributed by atoms with Crippen LogP contribution in [0.4, 0.5) is 0 Å². The second kappa shape index (κ2) is 5.73. The molecule has 0 aromatic heterocycles. The zero-order valence-electron chi connectivity index (χ0n) is 14.7. The van der Waals surface area contributed by atoms with Gasteiger partial charge in [-0.15, -0.1) is 0 Å². The quantitative estimate of drug-likeness (QED) is 0.829. The number of ketones is 1. The van der Waals surface area contributed by atoms with E-state index < -0.39 is 0 Å². The molecule has 0 amide bonds. The molecule has 122 valence electrons.